The van der Waals surface area contributed by atoms with Crippen LogP contribution in [0.25, 0.3) is 10.8 Å². The molecule has 1 aliphatic rings. The van der Waals surface area contributed by atoms with E-state index in [0.29, 0.717) is 24.2 Å². The number of benzene rings is 3. The van der Waals surface area contributed by atoms with Gasteiger partial charge in [-0.2, -0.15) is 0 Å². The molecule has 0 spiro atoms. The molecule has 1 heterocycles. The quantitative estimate of drug-likeness (QED) is 0.466. The molecule has 30 heavy (non-hydrogen) atoms. The third kappa shape index (κ3) is 3.66. The Balaban J connectivity index is 1.70. The maximum atomic E-state index is 13.3. The Morgan fingerprint density at radius 3 is 2.47 bits per heavy atom. The second-order valence-corrected chi connectivity index (χ2v) is 7.24. The minimum absolute atomic E-state index is 0.0263. The number of anilines is 1. The summed E-state index contributed by atoms with van der Waals surface area (Å²) < 4.78 is 5.39. The molecular weight excluding hydrogens is 382 g/mol. The van der Waals surface area contributed by atoms with Crippen LogP contribution in [0.3, 0.4) is 0 Å². The van der Waals surface area contributed by atoms with Crippen LogP contribution in [-0.2, 0) is 11.2 Å². The molecule has 0 atom stereocenters. The lowest BCUT2D eigenvalue weighted by molar-refractivity contribution is -0.383. The lowest BCUT2D eigenvalue weighted by Crippen LogP contribution is -2.51. The number of nitro benzene ring substituents is 1. The predicted molar refractivity (Wildman–Crippen MR) is 116 cm³/mol. The monoisotopic (exact) mass is 405 g/mol. The summed E-state index contributed by atoms with van der Waals surface area (Å²) >= 11 is 0. The minimum Gasteiger partial charge on any atom is -0.496 e. The largest absolute Gasteiger partial charge is 0.496 e. The van der Waals surface area contributed by atoms with E-state index in [1.807, 2.05) is 41.4 Å². The maximum Gasteiger partial charge on any atom is 0.277 e. The summed E-state index contributed by atoms with van der Waals surface area (Å²) in [7, 11) is 1.60. The molecule has 3 aromatic rings. The van der Waals surface area contributed by atoms with Crippen LogP contribution in [0.5, 0.6) is 5.75 Å². The first-order valence-corrected chi connectivity index (χ1v) is 9.96. The molecule has 0 N–H and O–H groups in total. The van der Waals surface area contributed by atoms with Gasteiger partial charge in [0.25, 0.3) is 5.69 Å². The molecule has 0 radical (unpaired) electrons. The highest BCUT2D eigenvalue weighted by molar-refractivity contribution is 6.00. The standard InChI is InChI=1S/C23H23N3O4/c1-30-22-11-5-2-8-17(22)16-23(27)25-15-7-6-14-24(25)20-12-13-21(26(28)29)19-10-4-3-9-18(19)20/h2-5,8-13H,6-7,14-16H2,1H3. The van der Waals surface area contributed by atoms with Crippen molar-refractivity contribution in [3.8, 4) is 5.75 Å². The van der Waals surface area contributed by atoms with Crippen molar-refractivity contribution in [1.82, 2.24) is 5.01 Å². The second kappa shape index (κ2) is 8.41. The zero-order valence-electron chi connectivity index (χ0n) is 16.8. The lowest BCUT2D eigenvalue weighted by Gasteiger charge is -2.40. The van der Waals surface area contributed by atoms with Crippen LogP contribution in [0.15, 0.2) is 60.7 Å². The fraction of sp³-hybridized carbons (Fsp3) is 0.261. The van der Waals surface area contributed by atoms with Crippen molar-refractivity contribution in [1.29, 1.82) is 0 Å². The first-order valence-electron chi connectivity index (χ1n) is 9.96. The number of hydrogen-bond donors (Lipinski definition) is 0. The Labute approximate surface area is 174 Å². The Morgan fingerprint density at radius 2 is 1.70 bits per heavy atom. The van der Waals surface area contributed by atoms with Gasteiger partial charge < -0.3 is 4.74 Å². The summed E-state index contributed by atoms with van der Waals surface area (Å²) in [6, 6.07) is 18.1. The fourth-order valence-electron chi connectivity index (χ4n) is 4.03. The molecule has 1 saturated heterocycles. The highest BCUT2D eigenvalue weighted by Gasteiger charge is 2.28. The average Bonchev–Trinajstić information content (AvgIpc) is 2.78. The highest BCUT2D eigenvalue weighted by Crippen LogP contribution is 2.35. The van der Waals surface area contributed by atoms with Crippen molar-refractivity contribution in [2.24, 2.45) is 0 Å². The van der Waals surface area contributed by atoms with E-state index in [4.69, 9.17) is 4.74 Å². The van der Waals surface area contributed by atoms with Gasteiger partial charge in [-0.25, -0.2) is 0 Å². The molecule has 3 aromatic carbocycles. The number of fused-ring (bicyclic) bond motifs is 1. The number of methoxy groups -OCH3 is 1. The van der Waals surface area contributed by atoms with Gasteiger partial charge in [-0.15, -0.1) is 0 Å². The number of ether oxygens (including phenoxy) is 1. The van der Waals surface area contributed by atoms with E-state index in [9.17, 15) is 14.9 Å². The summed E-state index contributed by atoms with van der Waals surface area (Å²) in [6.07, 6.45) is 2.09. The molecule has 1 amide bonds. The number of hydrogen-bond acceptors (Lipinski definition) is 5. The van der Waals surface area contributed by atoms with Gasteiger partial charge in [-0.05, 0) is 31.0 Å². The number of amides is 1. The predicted octanol–water partition coefficient (Wildman–Crippen LogP) is 4.34. The topological polar surface area (TPSA) is 75.9 Å². The van der Waals surface area contributed by atoms with Gasteiger partial charge in [0.15, 0.2) is 0 Å². The van der Waals surface area contributed by atoms with Crippen LogP contribution < -0.4 is 9.75 Å². The summed E-state index contributed by atoms with van der Waals surface area (Å²) in [4.78, 5) is 24.3. The summed E-state index contributed by atoms with van der Waals surface area (Å²) in [5.41, 5.74) is 1.71. The number of carbonyl (C=O) groups is 1. The molecule has 7 nitrogen and oxygen atoms in total. The Bertz CT molecular complexity index is 1100. The van der Waals surface area contributed by atoms with E-state index in [-0.39, 0.29) is 22.9 Å². The van der Waals surface area contributed by atoms with Crippen LogP contribution in [0.2, 0.25) is 0 Å². The van der Waals surface area contributed by atoms with Crippen molar-refractivity contribution >= 4 is 28.1 Å². The van der Waals surface area contributed by atoms with E-state index < -0.39 is 0 Å². The Morgan fingerprint density at radius 1 is 1.00 bits per heavy atom. The van der Waals surface area contributed by atoms with Crippen molar-refractivity contribution in [2.75, 3.05) is 25.2 Å². The van der Waals surface area contributed by atoms with E-state index >= 15 is 0 Å². The van der Waals surface area contributed by atoms with Crippen molar-refractivity contribution in [2.45, 2.75) is 19.3 Å². The summed E-state index contributed by atoms with van der Waals surface area (Å²) in [5.74, 6) is 0.664. The zero-order chi connectivity index (χ0) is 21.1. The molecule has 0 aromatic heterocycles. The molecule has 0 bridgehead atoms. The molecule has 0 unspecified atom stereocenters. The van der Waals surface area contributed by atoms with Crippen LogP contribution >= 0.6 is 0 Å². The molecule has 0 aliphatic carbocycles. The van der Waals surface area contributed by atoms with E-state index in [2.05, 4.69) is 0 Å². The number of nitro groups is 1. The molecular formula is C23H23N3O4. The molecule has 7 heteroatoms. The van der Waals surface area contributed by atoms with Gasteiger partial charge in [-0.3, -0.25) is 24.9 Å². The first kappa shape index (κ1) is 19.7. The van der Waals surface area contributed by atoms with Crippen LogP contribution in [0.1, 0.15) is 18.4 Å². The van der Waals surface area contributed by atoms with Crippen LogP contribution in [0.4, 0.5) is 11.4 Å². The molecule has 154 valence electrons. The van der Waals surface area contributed by atoms with Crippen molar-refractivity contribution in [3.63, 3.8) is 0 Å². The third-order valence-corrected chi connectivity index (χ3v) is 5.46. The normalized spacial score (nSPS) is 14.0. The summed E-state index contributed by atoms with van der Waals surface area (Å²) in [5, 5.41) is 16.5. The van der Waals surface area contributed by atoms with Crippen LogP contribution in [-0.4, -0.2) is 36.0 Å². The number of hydrazine groups is 1. The maximum absolute atomic E-state index is 13.3. The van der Waals surface area contributed by atoms with Gasteiger partial charge in [0.2, 0.25) is 5.91 Å². The molecule has 4 rings (SSSR count). The summed E-state index contributed by atoms with van der Waals surface area (Å²) in [6.45, 7) is 1.29. The van der Waals surface area contributed by atoms with Gasteiger partial charge >= 0.3 is 0 Å². The average molecular weight is 405 g/mol. The van der Waals surface area contributed by atoms with Gasteiger partial charge in [-0.1, -0.05) is 36.4 Å². The first-order chi connectivity index (χ1) is 14.6. The van der Waals surface area contributed by atoms with E-state index in [1.165, 1.54) is 6.07 Å². The third-order valence-electron chi connectivity index (χ3n) is 5.46. The molecule has 1 aliphatic heterocycles. The number of rotatable bonds is 5. The fourth-order valence-corrected chi connectivity index (χ4v) is 4.03. The minimum atomic E-state index is -0.368. The van der Waals surface area contributed by atoms with Gasteiger partial charge in [0, 0.05) is 30.1 Å². The Hall–Kier alpha value is -3.61. The van der Waals surface area contributed by atoms with Crippen molar-refractivity contribution in [3.05, 3.63) is 76.3 Å². The highest BCUT2D eigenvalue weighted by atomic mass is 16.6. The van der Waals surface area contributed by atoms with Crippen molar-refractivity contribution < 1.29 is 14.5 Å². The lowest BCUT2D eigenvalue weighted by atomic mass is 10.1. The second-order valence-electron chi connectivity index (χ2n) is 7.24. The SMILES string of the molecule is COc1ccccc1CC(=O)N1CCCCN1c1ccc([N+](=O)[O-])c2ccccc12. The van der Waals surface area contributed by atoms with E-state index in [1.54, 1.807) is 30.3 Å². The van der Waals surface area contributed by atoms with Crippen LogP contribution in [0, 0.1) is 10.1 Å². The smallest absolute Gasteiger partial charge is 0.277 e. The van der Waals surface area contributed by atoms with Gasteiger partial charge in [0.05, 0.1) is 29.5 Å². The number of carbonyl (C=O) groups excluding carboxylic acids is 1. The number of para-hydroxylation sites is 1. The van der Waals surface area contributed by atoms with E-state index in [0.717, 1.165) is 29.5 Å². The van der Waals surface area contributed by atoms with Gasteiger partial charge in [0.1, 0.15) is 5.75 Å². The number of non-ortho nitro benzene ring substituents is 1. The molecule has 1 fully saturated rings. The zero-order valence-corrected chi connectivity index (χ0v) is 16.8. The number of nitrogens with zero attached hydrogens (tertiary/aromatic N) is 3. The Kier molecular flexibility index (Phi) is 5.52. The molecule has 0 saturated carbocycles.